The van der Waals surface area contributed by atoms with Crippen LogP contribution in [0.3, 0.4) is 0 Å². The molecule has 0 N–H and O–H groups in total. The molecule has 1 aliphatic rings. The summed E-state index contributed by atoms with van der Waals surface area (Å²) in [7, 11) is 1.89. The number of benzene rings is 1. The fraction of sp³-hybridized carbons (Fsp3) is 0.650. The second-order valence-corrected chi connectivity index (χ2v) is 7.20. The molecule has 1 saturated heterocycles. The van der Waals surface area contributed by atoms with Gasteiger partial charge in [0.05, 0.1) is 0 Å². The molecule has 1 heterocycles. The fourth-order valence-corrected chi connectivity index (χ4v) is 3.05. The summed E-state index contributed by atoms with van der Waals surface area (Å²) in [5.74, 6) is 1.63. The van der Waals surface area contributed by atoms with Gasteiger partial charge in [-0.1, -0.05) is 26.0 Å². The molecule has 0 bridgehead atoms. The Morgan fingerprint density at radius 3 is 2.67 bits per heavy atom. The lowest BCUT2D eigenvalue weighted by molar-refractivity contribution is -0.139. The van der Waals surface area contributed by atoms with Crippen molar-refractivity contribution in [2.24, 2.45) is 11.8 Å². The van der Waals surface area contributed by atoms with Crippen LogP contribution in [0.15, 0.2) is 24.3 Å². The van der Waals surface area contributed by atoms with E-state index < -0.39 is 6.10 Å². The molecule has 1 atom stereocenters. The van der Waals surface area contributed by atoms with E-state index >= 15 is 0 Å². The standard InChI is InChI=1S/C20H31NO3/c1-15(2)19(24-18-7-5-6-16(3)14-18)20(22)21(4)11-8-17-9-12-23-13-10-17/h5-7,14-15,17,19H,8-13H2,1-4H3/t19-/m1/s1. The van der Waals surface area contributed by atoms with E-state index in [2.05, 4.69) is 0 Å². The van der Waals surface area contributed by atoms with Crippen molar-refractivity contribution < 1.29 is 14.3 Å². The number of hydrogen-bond donors (Lipinski definition) is 0. The minimum absolute atomic E-state index is 0.0681. The Bertz CT molecular complexity index is 523. The highest BCUT2D eigenvalue weighted by Gasteiger charge is 2.27. The monoisotopic (exact) mass is 333 g/mol. The lowest BCUT2D eigenvalue weighted by Crippen LogP contribution is -2.43. The van der Waals surface area contributed by atoms with Gasteiger partial charge in [-0.25, -0.2) is 0 Å². The van der Waals surface area contributed by atoms with E-state index in [9.17, 15) is 4.79 Å². The third kappa shape index (κ3) is 5.52. The van der Waals surface area contributed by atoms with Gasteiger partial charge in [0.25, 0.3) is 5.91 Å². The van der Waals surface area contributed by atoms with Gasteiger partial charge in [-0.2, -0.15) is 0 Å². The van der Waals surface area contributed by atoms with Crippen LogP contribution in [0, 0.1) is 18.8 Å². The van der Waals surface area contributed by atoms with Crippen LogP contribution in [0.1, 0.15) is 38.7 Å². The van der Waals surface area contributed by atoms with E-state index in [1.165, 1.54) is 0 Å². The predicted molar refractivity (Wildman–Crippen MR) is 96.2 cm³/mol. The van der Waals surface area contributed by atoms with Gasteiger partial charge in [0, 0.05) is 26.8 Å². The Hall–Kier alpha value is -1.55. The van der Waals surface area contributed by atoms with Crippen LogP contribution in [0.2, 0.25) is 0 Å². The maximum absolute atomic E-state index is 12.8. The van der Waals surface area contributed by atoms with Crippen LogP contribution in [0.4, 0.5) is 0 Å². The SMILES string of the molecule is Cc1cccc(O[C@@H](C(=O)N(C)CCC2CCOCC2)C(C)C)c1. The van der Waals surface area contributed by atoms with Crippen molar-refractivity contribution in [1.29, 1.82) is 0 Å². The predicted octanol–water partition coefficient (Wildman–Crippen LogP) is 3.67. The molecule has 1 fully saturated rings. The summed E-state index contributed by atoms with van der Waals surface area (Å²) in [5.41, 5.74) is 1.13. The van der Waals surface area contributed by atoms with Crippen LogP contribution in [-0.4, -0.2) is 43.7 Å². The van der Waals surface area contributed by atoms with Crippen molar-refractivity contribution in [3.05, 3.63) is 29.8 Å². The first-order valence-electron chi connectivity index (χ1n) is 9.03. The van der Waals surface area contributed by atoms with Crippen molar-refractivity contribution in [2.75, 3.05) is 26.8 Å². The summed E-state index contributed by atoms with van der Waals surface area (Å²) in [5, 5.41) is 0. The molecule has 134 valence electrons. The lowest BCUT2D eigenvalue weighted by atomic mass is 9.96. The fourth-order valence-electron chi connectivity index (χ4n) is 3.05. The number of aryl methyl sites for hydroxylation is 1. The highest BCUT2D eigenvalue weighted by molar-refractivity contribution is 5.81. The molecular formula is C20H31NO3. The minimum atomic E-state index is -0.438. The Morgan fingerprint density at radius 2 is 2.04 bits per heavy atom. The molecule has 0 spiro atoms. The van der Waals surface area contributed by atoms with E-state index in [-0.39, 0.29) is 11.8 Å². The van der Waals surface area contributed by atoms with Gasteiger partial charge in [-0.05, 0) is 55.7 Å². The van der Waals surface area contributed by atoms with E-state index in [1.807, 2.05) is 57.0 Å². The van der Waals surface area contributed by atoms with Gasteiger partial charge in [-0.15, -0.1) is 0 Å². The summed E-state index contributed by atoms with van der Waals surface area (Å²) >= 11 is 0. The molecule has 1 aromatic carbocycles. The summed E-state index contributed by atoms with van der Waals surface area (Å²) in [4.78, 5) is 14.7. The van der Waals surface area contributed by atoms with Gasteiger partial charge in [0.15, 0.2) is 6.10 Å². The summed E-state index contributed by atoms with van der Waals surface area (Å²) < 4.78 is 11.4. The zero-order valence-electron chi connectivity index (χ0n) is 15.5. The average molecular weight is 333 g/mol. The van der Waals surface area contributed by atoms with Crippen LogP contribution in [0.25, 0.3) is 0 Å². The number of nitrogens with zero attached hydrogens (tertiary/aromatic N) is 1. The quantitative estimate of drug-likeness (QED) is 0.764. The maximum Gasteiger partial charge on any atom is 0.263 e. The Morgan fingerprint density at radius 1 is 1.33 bits per heavy atom. The molecule has 1 aromatic rings. The second kappa shape index (κ2) is 9.07. The minimum Gasteiger partial charge on any atom is -0.480 e. The number of carbonyl (C=O) groups is 1. The molecule has 0 aromatic heterocycles. The molecule has 24 heavy (non-hydrogen) atoms. The molecule has 0 aliphatic carbocycles. The molecule has 0 saturated carbocycles. The molecule has 4 heteroatoms. The Labute approximate surface area is 146 Å². The molecule has 0 radical (unpaired) electrons. The lowest BCUT2D eigenvalue weighted by Gasteiger charge is -2.29. The normalized spacial score (nSPS) is 16.9. The second-order valence-electron chi connectivity index (χ2n) is 7.20. The topological polar surface area (TPSA) is 38.8 Å². The third-order valence-corrected chi connectivity index (χ3v) is 4.69. The molecule has 1 aliphatic heterocycles. The van der Waals surface area contributed by atoms with Crippen molar-refractivity contribution in [3.8, 4) is 5.75 Å². The van der Waals surface area contributed by atoms with Gasteiger partial charge >= 0.3 is 0 Å². The summed E-state index contributed by atoms with van der Waals surface area (Å²) in [6.07, 6.45) is 2.82. The van der Waals surface area contributed by atoms with E-state index in [0.29, 0.717) is 5.92 Å². The highest BCUT2D eigenvalue weighted by Crippen LogP contribution is 2.21. The highest BCUT2D eigenvalue weighted by atomic mass is 16.5. The molecule has 2 rings (SSSR count). The van der Waals surface area contributed by atoms with Crippen LogP contribution in [0.5, 0.6) is 5.75 Å². The summed E-state index contributed by atoms with van der Waals surface area (Å²) in [6.45, 7) is 8.58. The van der Waals surface area contributed by atoms with Crippen molar-refractivity contribution in [3.63, 3.8) is 0 Å². The molecule has 1 amide bonds. The van der Waals surface area contributed by atoms with E-state index in [4.69, 9.17) is 9.47 Å². The summed E-state index contributed by atoms with van der Waals surface area (Å²) in [6, 6.07) is 7.88. The van der Waals surface area contributed by atoms with Gasteiger partial charge < -0.3 is 14.4 Å². The van der Waals surface area contributed by atoms with Crippen molar-refractivity contribution >= 4 is 5.91 Å². The smallest absolute Gasteiger partial charge is 0.263 e. The first-order chi connectivity index (χ1) is 11.5. The van der Waals surface area contributed by atoms with E-state index in [0.717, 1.165) is 50.3 Å². The first-order valence-corrected chi connectivity index (χ1v) is 9.03. The number of amides is 1. The average Bonchev–Trinajstić information content (AvgIpc) is 2.57. The largest absolute Gasteiger partial charge is 0.480 e. The third-order valence-electron chi connectivity index (χ3n) is 4.69. The van der Waals surface area contributed by atoms with Gasteiger partial charge in [0.1, 0.15) is 5.75 Å². The number of rotatable bonds is 7. The van der Waals surface area contributed by atoms with Crippen molar-refractivity contribution in [1.82, 2.24) is 4.90 Å². The maximum atomic E-state index is 12.8. The van der Waals surface area contributed by atoms with Crippen LogP contribution >= 0.6 is 0 Å². The number of ether oxygens (including phenoxy) is 2. The molecular weight excluding hydrogens is 302 g/mol. The van der Waals surface area contributed by atoms with E-state index in [1.54, 1.807) is 0 Å². The zero-order valence-corrected chi connectivity index (χ0v) is 15.5. The number of likely N-dealkylation sites (N-methyl/N-ethyl adjacent to an activating group) is 1. The molecule has 0 unspecified atom stereocenters. The molecule has 4 nitrogen and oxygen atoms in total. The van der Waals surface area contributed by atoms with Crippen LogP contribution < -0.4 is 4.74 Å². The number of carbonyl (C=O) groups excluding carboxylic acids is 1. The Balaban J connectivity index is 1.92. The van der Waals surface area contributed by atoms with Gasteiger partial charge in [-0.3, -0.25) is 4.79 Å². The van der Waals surface area contributed by atoms with Gasteiger partial charge in [0.2, 0.25) is 0 Å². The Kier molecular flexibility index (Phi) is 7.10. The van der Waals surface area contributed by atoms with Crippen molar-refractivity contribution in [2.45, 2.75) is 46.1 Å². The first kappa shape index (κ1) is 18.8. The van der Waals surface area contributed by atoms with Crippen LogP contribution in [-0.2, 0) is 9.53 Å². The zero-order chi connectivity index (χ0) is 17.5. The number of hydrogen-bond acceptors (Lipinski definition) is 3.